The van der Waals surface area contributed by atoms with Gasteiger partial charge in [0, 0.05) is 25.6 Å². The van der Waals surface area contributed by atoms with Gasteiger partial charge in [-0.25, -0.2) is 0 Å². The van der Waals surface area contributed by atoms with Gasteiger partial charge in [-0.3, -0.25) is 4.79 Å². The van der Waals surface area contributed by atoms with Gasteiger partial charge in [0.25, 0.3) is 0 Å². The molecule has 0 radical (unpaired) electrons. The number of hydrogen-bond donors (Lipinski definition) is 0. The van der Waals surface area contributed by atoms with E-state index in [2.05, 4.69) is 39.8 Å². The van der Waals surface area contributed by atoms with Gasteiger partial charge >= 0.3 is 0 Å². The van der Waals surface area contributed by atoms with Crippen LogP contribution in [-0.4, -0.2) is 48.9 Å². The van der Waals surface area contributed by atoms with E-state index in [9.17, 15) is 4.79 Å². The van der Waals surface area contributed by atoms with E-state index in [0.29, 0.717) is 18.4 Å². The third-order valence-corrected chi connectivity index (χ3v) is 2.93. The summed E-state index contributed by atoms with van der Waals surface area (Å²) in [7, 11) is 4.17. The van der Waals surface area contributed by atoms with Crippen LogP contribution in [0.15, 0.2) is 0 Å². The smallest absolute Gasteiger partial charge is 0.223 e. The van der Waals surface area contributed by atoms with E-state index in [0.717, 1.165) is 19.5 Å². The molecule has 0 aromatic carbocycles. The molecule has 0 aromatic rings. The first-order chi connectivity index (χ1) is 6.79. The van der Waals surface area contributed by atoms with Gasteiger partial charge in [-0.2, -0.15) is 0 Å². The molecule has 1 amide bonds. The molecule has 1 rings (SSSR count). The quantitative estimate of drug-likeness (QED) is 0.694. The topological polar surface area (TPSA) is 23.6 Å². The number of likely N-dealkylation sites (tertiary alicyclic amines) is 1. The third kappa shape index (κ3) is 3.82. The van der Waals surface area contributed by atoms with E-state index in [4.69, 9.17) is 0 Å². The molecule has 3 heteroatoms. The number of carbonyl (C=O) groups excluding carboxylic acids is 1. The lowest BCUT2D eigenvalue weighted by molar-refractivity contribution is -0.132. The third-order valence-electron chi connectivity index (χ3n) is 2.93. The fraction of sp³-hybridized carbons (Fsp3) is 0.917. The molecule has 3 nitrogen and oxygen atoms in total. The predicted molar refractivity (Wildman–Crippen MR) is 62.7 cm³/mol. The van der Waals surface area contributed by atoms with Gasteiger partial charge in [0.2, 0.25) is 5.91 Å². The van der Waals surface area contributed by atoms with Crippen molar-refractivity contribution < 1.29 is 4.79 Å². The van der Waals surface area contributed by atoms with Gasteiger partial charge in [0.05, 0.1) is 0 Å². The Hall–Kier alpha value is -0.570. The molecule has 1 aliphatic rings. The zero-order chi connectivity index (χ0) is 11.6. The molecule has 1 aliphatic heterocycles. The summed E-state index contributed by atoms with van der Waals surface area (Å²) in [6, 6.07) is 0.550. The Bertz CT molecular complexity index is 230. The van der Waals surface area contributed by atoms with Crippen molar-refractivity contribution >= 4 is 5.91 Å². The zero-order valence-electron chi connectivity index (χ0n) is 10.7. The second-order valence-corrected chi connectivity index (χ2v) is 5.98. The van der Waals surface area contributed by atoms with Gasteiger partial charge in [-0.15, -0.1) is 0 Å². The number of amides is 1. The molecule has 0 saturated carbocycles. The first-order valence-corrected chi connectivity index (χ1v) is 5.74. The Morgan fingerprint density at radius 1 is 1.40 bits per heavy atom. The molecule has 1 heterocycles. The van der Waals surface area contributed by atoms with E-state index in [-0.39, 0.29) is 5.41 Å². The molecule has 1 saturated heterocycles. The Balaban J connectivity index is 2.44. The van der Waals surface area contributed by atoms with Gasteiger partial charge in [0.1, 0.15) is 0 Å². The standard InChI is InChI=1S/C12H24N2O/c1-12(2,3)8-11(15)14-7-6-10(9-14)13(4)5/h10H,6-9H2,1-5H3. The first kappa shape index (κ1) is 12.5. The van der Waals surface area contributed by atoms with Crippen LogP contribution in [0.3, 0.4) is 0 Å². The highest BCUT2D eigenvalue weighted by molar-refractivity contribution is 5.77. The highest BCUT2D eigenvalue weighted by Crippen LogP contribution is 2.22. The molecule has 0 aliphatic carbocycles. The zero-order valence-corrected chi connectivity index (χ0v) is 10.7. The van der Waals surface area contributed by atoms with Crippen LogP contribution < -0.4 is 0 Å². The summed E-state index contributed by atoms with van der Waals surface area (Å²) in [5.74, 6) is 0.312. The normalized spacial score (nSPS) is 22.5. The largest absolute Gasteiger partial charge is 0.341 e. The lowest BCUT2D eigenvalue weighted by atomic mass is 9.92. The van der Waals surface area contributed by atoms with Crippen LogP contribution in [0.25, 0.3) is 0 Å². The molecular weight excluding hydrogens is 188 g/mol. The maximum absolute atomic E-state index is 11.9. The minimum atomic E-state index is 0.104. The van der Waals surface area contributed by atoms with E-state index in [1.807, 2.05) is 4.90 Å². The summed E-state index contributed by atoms with van der Waals surface area (Å²) in [6.45, 7) is 8.18. The second kappa shape index (κ2) is 4.52. The molecular formula is C12H24N2O. The van der Waals surface area contributed by atoms with Crippen LogP contribution in [0, 0.1) is 5.41 Å². The highest BCUT2D eigenvalue weighted by Gasteiger charge is 2.29. The van der Waals surface area contributed by atoms with Gasteiger partial charge < -0.3 is 9.80 Å². The van der Waals surface area contributed by atoms with Crippen LogP contribution in [-0.2, 0) is 4.79 Å². The van der Waals surface area contributed by atoms with Crippen LogP contribution in [0.5, 0.6) is 0 Å². The van der Waals surface area contributed by atoms with Crippen molar-refractivity contribution in [3.05, 3.63) is 0 Å². The number of rotatable bonds is 2. The van der Waals surface area contributed by atoms with E-state index in [1.54, 1.807) is 0 Å². The molecule has 1 atom stereocenters. The fourth-order valence-electron chi connectivity index (χ4n) is 1.96. The fourth-order valence-corrected chi connectivity index (χ4v) is 1.96. The van der Waals surface area contributed by atoms with Crippen molar-refractivity contribution in [2.75, 3.05) is 27.2 Å². The van der Waals surface area contributed by atoms with Crippen molar-refractivity contribution in [3.8, 4) is 0 Å². The number of likely N-dealkylation sites (N-methyl/N-ethyl adjacent to an activating group) is 1. The first-order valence-electron chi connectivity index (χ1n) is 5.74. The molecule has 1 fully saturated rings. The van der Waals surface area contributed by atoms with Crippen LogP contribution in [0.4, 0.5) is 0 Å². The summed E-state index contributed by atoms with van der Waals surface area (Å²) in [6.07, 6.45) is 1.77. The van der Waals surface area contributed by atoms with Crippen molar-refractivity contribution in [1.29, 1.82) is 0 Å². The SMILES string of the molecule is CN(C)C1CCN(C(=O)CC(C)(C)C)C1. The Labute approximate surface area is 93.4 Å². The predicted octanol–water partition coefficient (Wildman–Crippen LogP) is 1.59. The minimum Gasteiger partial charge on any atom is -0.341 e. The van der Waals surface area contributed by atoms with Crippen LogP contribution >= 0.6 is 0 Å². The molecule has 0 spiro atoms. The van der Waals surface area contributed by atoms with Gasteiger partial charge in [0.15, 0.2) is 0 Å². The summed E-state index contributed by atoms with van der Waals surface area (Å²) in [5, 5.41) is 0. The molecule has 0 bridgehead atoms. The maximum Gasteiger partial charge on any atom is 0.223 e. The Kier molecular flexibility index (Phi) is 3.77. The summed E-state index contributed by atoms with van der Waals surface area (Å²) >= 11 is 0. The average Bonchev–Trinajstić information content (AvgIpc) is 2.47. The van der Waals surface area contributed by atoms with Gasteiger partial charge in [-0.1, -0.05) is 20.8 Å². The van der Waals surface area contributed by atoms with Crippen LogP contribution in [0.2, 0.25) is 0 Å². The van der Waals surface area contributed by atoms with Crippen molar-refractivity contribution in [2.45, 2.75) is 39.7 Å². The Morgan fingerprint density at radius 2 is 2.00 bits per heavy atom. The summed E-state index contributed by atoms with van der Waals surface area (Å²) in [5.41, 5.74) is 0.104. The maximum atomic E-state index is 11.9. The lowest BCUT2D eigenvalue weighted by Gasteiger charge is -2.24. The molecule has 15 heavy (non-hydrogen) atoms. The number of carbonyl (C=O) groups is 1. The van der Waals surface area contributed by atoms with Crippen LogP contribution in [0.1, 0.15) is 33.6 Å². The van der Waals surface area contributed by atoms with Crippen molar-refractivity contribution in [2.24, 2.45) is 5.41 Å². The van der Waals surface area contributed by atoms with Crippen molar-refractivity contribution in [3.63, 3.8) is 0 Å². The van der Waals surface area contributed by atoms with Crippen molar-refractivity contribution in [1.82, 2.24) is 9.80 Å². The number of hydrogen-bond acceptors (Lipinski definition) is 2. The van der Waals surface area contributed by atoms with Gasteiger partial charge in [-0.05, 0) is 25.9 Å². The molecule has 1 unspecified atom stereocenters. The van der Waals surface area contributed by atoms with E-state index >= 15 is 0 Å². The highest BCUT2D eigenvalue weighted by atomic mass is 16.2. The average molecular weight is 212 g/mol. The Morgan fingerprint density at radius 3 is 2.40 bits per heavy atom. The molecule has 88 valence electrons. The second-order valence-electron chi connectivity index (χ2n) is 5.98. The monoisotopic (exact) mass is 212 g/mol. The van der Waals surface area contributed by atoms with E-state index in [1.165, 1.54) is 0 Å². The lowest BCUT2D eigenvalue weighted by Crippen LogP contribution is -2.35. The van der Waals surface area contributed by atoms with E-state index < -0.39 is 0 Å². The summed E-state index contributed by atoms with van der Waals surface area (Å²) in [4.78, 5) is 16.2. The minimum absolute atomic E-state index is 0.104. The molecule has 0 aromatic heterocycles. The molecule has 0 N–H and O–H groups in total. The summed E-state index contributed by atoms with van der Waals surface area (Å²) < 4.78 is 0. The number of nitrogens with zero attached hydrogens (tertiary/aromatic N) is 2.